The molecule has 0 aliphatic rings. The third-order valence-electron chi connectivity index (χ3n) is 3.36. The predicted molar refractivity (Wildman–Crippen MR) is 91.7 cm³/mol. The number of nitrogens with zero attached hydrogens (tertiary/aromatic N) is 4. The number of aromatic nitrogens is 3. The molecule has 0 aliphatic heterocycles. The minimum atomic E-state index is -0.206. The van der Waals surface area contributed by atoms with Crippen molar-refractivity contribution in [1.29, 1.82) is 0 Å². The van der Waals surface area contributed by atoms with Crippen LogP contribution in [0, 0.1) is 5.82 Å². The number of rotatable bonds is 6. The molecule has 6 nitrogen and oxygen atoms in total. The minimum absolute atomic E-state index is 0.206. The van der Waals surface area contributed by atoms with Crippen LogP contribution in [0.5, 0.6) is 0 Å². The fourth-order valence-corrected chi connectivity index (χ4v) is 2.68. The zero-order valence-corrected chi connectivity index (χ0v) is 14.3. The number of thioether (sulfide) groups is 1. The summed E-state index contributed by atoms with van der Waals surface area (Å²) in [5, 5.41) is 10.4. The maximum atomic E-state index is 13.4. The molecule has 0 amide bonds. The van der Waals surface area contributed by atoms with Crippen LogP contribution >= 0.6 is 11.8 Å². The normalized spacial score (nSPS) is 11.6. The zero-order chi connectivity index (χ0) is 16.7. The number of guanidine groups is 1. The first kappa shape index (κ1) is 17.3. The van der Waals surface area contributed by atoms with Gasteiger partial charge in [0.2, 0.25) is 0 Å². The Bertz CT molecular complexity index is 670. The number of nitrogens with one attached hydrogen (secondary N) is 2. The maximum absolute atomic E-state index is 13.4. The topological polar surface area (TPSA) is 67.1 Å². The molecule has 124 valence electrons. The summed E-state index contributed by atoms with van der Waals surface area (Å²) in [5.41, 5.74) is 2.05. The fraction of sp³-hybridized carbons (Fsp3) is 0.400. The van der Waals surface area contributed by atoms with Gasteiger partial charge in [-0.05, 0) is 29.5 Å². The van der Waals surface area contributed by atoms with E-state index in [2.05, 4.69) is 25.7 Å². The van der Waals surface area contributed by atoms with E-state index in [1.165, 1.54) is 12.4 Å². The molecule has 0 saturated carbocycles. The van der Waals surface area contributed by atoms with E-state index in [1.54, 1.807) is 29.6 Å². The second-order valence-corrected chi connectivity index (χ2v) is 5.79. The minimum Gasteiger partial charge on any atom is -0.352 e. The highest BCUT2D eigenvalue weighted by Gasteiger charge is 2.06. The average molecular weight is 336 g/mol. The molecule has 2 aromatic rings. The van der Waals surface area contributed by atoms with Crippen LogP contribution in [-0.4, -0.2) is 34.0 Å². The SMILES string of the molecule is CN=C(NCc1ccc(F)cc1CSC)NCc1ncnn1C. The van der Waals surface area contributed by atoms with E-state index >= 15 is 0 Å². The molecule has 0 bridgehead atoms. The monoisotopic (exact) mass is 336 g/mol. The Morgan fingerprint density at radius 1 is 1.30 bits per heavy atom. The number of hydrogen-bond donors (Lipinski definition) is 2. The van der Waals surface area contributed by atoms with Gasteiger partial charge in [0.1, 0.15) is 18.0 Å². The molecule has 2 N–H and O–H groups in total. The Morgan fingerprint density at radius 3 is 2.74 bits per heavy atom. The molecule has 0 spiro atoms. The van der Waals surface area contributed by atoms with Crippen molar-refractivity contribution >= 4 is 17.7 Å². The first-order chi connectivity index (χ1) is 11.1. The van der Waals surface area contributed by atoms with E-state index in [0.29, 0.717) is 19.0 Å². The van der Waals surface area contributed by atoms with Gasteiger partial charge in [-0.1, -0.05) is 6.07 Å². The van der Waals surface area contributed by atoms with Gasteiger partial charge in [0, 0.05) is 26.4 Å². The van der Waals surface area contributed by atoms with Gasteiger partial charge in [-0.25, -0.2) is 9.37 Å². The highest BCUT2D eigenvalue weighted by molar-refractivity contribution is 7.97. The fourth-order valence-electron chi connectivity index (χ4n) is 2.10. The smallest absolute Gasteiger partial charge is 0.191 e. The third kappa shape index (κ3) is 4.95. The molecule has 0 fully saturated rings. The summed E-state index contributed by atoms with van der Waals surface area (Å²) in [6, 6.07) is 4.88. The first-order valence-corrected chi connectivity index (χ1v) is 8.57. The van der Waals surface area contributed by atoms with Crippen LogP contribution in [0.4, 0.5) is 4.39 Å². The van der Waals surface area contributed by atoms with Crippen molar-refractivity contribution in [3.05, 3.63) is 47.3 Å². The molecule has 8 heteroatoms. The second-order valence-electron chi connectivity index (χ2n) is 4.93. The largest absolute Gasteiger partial charge is 0.352 e. The van der Waals surface area contributed by atoms with Crippen LogP contribution in [-0.2, 0) is 25.9 Å². The lowest BCUT2D eigenvalue weighted by Crippen LogP contribution is -2.37. The highest BCUT2D eigenvalue weighted by atomic mass is 32.2. The summed E-state index contributed by atoms with van der Waals surface area (Å²) in [5.74, 6) is 2.05. The van der Waals surface area contributed by atoms with Crippen molar-refractivity contribution in [2.75, 3.05) is 13.3 Å². The molecule has 0 atom stereocenters. The Kier molecular flexibility index (Phi) is 6.40. The lowest BCUT2D eigenvalue weighted by atomic mass is 10.1. The Morgan fingerprint density at radius 2 is 2.09 bits per heavy atom. The number of aryl methyl sites for hydroxylation is 1. The van der Waals surface area contributed by atoms with Gasteiger partial charge >= 0.3 is 0 Å². The summed E-state index contributed by atoms with van der Waals surface area (Å²) < 4.78 is 15.1. The van der Waals surface area contributed by atoms with E-state index in [9.17, 15) is 4.39 Å². The van der Waals surface area contributed by atoms with Crippen LogP contribution in [0.3, 0.4) is 0 Å². The van der Waals surface area contributed by atoms with Crippen molar-refractivity contribution in [3.8, 4) is 0 Å². The van der Waals surface area contributed by atoms with E-state index in [1.807, 2.05) is 19.4 Å². The molecule has 0 radical (unpaired) electrons. The van der Waals surface area contributed by atoms with Gasteiger partial charge in [-0.15, -0.1) is 0 Å². The molecule has 0 unspecified atom stereocenters. The summed E-state index contributed by atoms with van der Waals surface area (Å²) >= 11 is 1.67. The quantitative estimate of drug-likeness (QED) is 0.621. The van der Waals surface area contributed by atoms with E-state index in [-0.39, 0.29) is 5.82 Å². The van der Waals surface area contributed by atoms with Crippen molar-refractivity contribution in [3.63, 3.8) is 0 Å². The average Bonchev–Trinajstić information content (AvgIpc) is 2.95. The molecule has 23 heavy (non-hydrogen) atoms. The van der Waals surface area contributed by atoms with Crippen molar-refractivity contribution < 1.29 is 4.39 Å². The van der Waals surface area contributed by atoms with Crippen molar-refractivity contribution in [2.45, 2.75) is 18.8 Å². The summed E-state index contributed by atoms with van der Waals surface area (Å²) in [4.78, 5) is 8.33. The second kappa shape index (κ2) is 8.52. The first-order valence-electron chi connectivity index (χ1n) is 7.17. The summed E-state index contributed by atoms with van der Waals surface area (Å²) in [6.45, 7) is 1.10. The maximum Gasteiger partial charge on any atom is 0.191 e. The van der Waals surface area contributed by atoms with Crippen LogP contribution < -0.4 is 10.6 Å². The number of aliphatic imine (C=N–C) groups is 1. The molecule has 1 aromatic heterocycles. The van der Waals surface area contributed by atoms with Crippen molar-refractivity contribution in [1.82, 2.24) is 25.4 Å². The lowest BCUT2D eigenvalue weighted by Gasteiger charge is -2.14. The van der Waals surface area contributed by atoms with Gasteiger partial charge in [0.25, 0.3) is 0 Å². The Balaban J connectivity index is 1.94. The summed E-state index contributed by atoms with van der Waals surface area (Å²) in [7, 11) is 3.55. The molecule has 2 rings (SSSR count). The van der Waals surface area contributed by atoms with Crippen LogP contribution in [0.25, 0.3) is 0 Å². The van der Waals surface area contributed by atoms with Crippen molar-refractivity contribution in [2.24, 2.45) is 12.0 Å². The molecule has 0 aliphatic carbocycles. The zero-order valence-electron chi connectivity index (χ0n) is 13.5. The van der Waals surface area contributed by atoms with Crippen LogP contribution in [0.1, 0.15) is 17.0 Å². The van der Waals surface area contributed by atoms with Crippen LogP contribution in [0.2, 0.25) is 0 Å². The molecule has 0 saturated heterocycles. The van der Waals surface area contributed by atoms with E-state index in [4.69, 9.17) is 0 Å². The standard InChI is InChI=1S/C15H21FN6S/c1-17-15(19-8-14-20-10-21-22(14)2)18-7-11-4-5-13(16)6-12(11)9-23-3/h4-6,10H,7-9H2,1-3H3,(H2,17,18,19). The number of benzene rings is 1. The van der Waals surface area contributed by atoms with Crippen LogP contribution in [0.15, 0.2) is 29.5 Å². The molecular formula is C15H21FN6S. The predicted octanol–water partition coefficient (Wildman–Crippen LogP) is 1.68. The van der Waals surface area contributed by atoms with Gasteiger partial charge in [0.15, 0.2) is 5.96 Å². The summed E-state index contributed by atoms with van der Waals surface area (Å²) in [6.07, 6.45) is 3.52. The molecule has 1 heterocycles. The number of halogens is 1. The van der Waals surface area contributed by atoms with Gasteiger partial charge in [-0.3, -0.25) is 9.67 Å². The lowest BCUT2D eigenvalue weighted by molar-refractivity contribution is 0.625. The van der Waals surface area contributed by atoms with Gasteiger partial charge < -0.3 is 10.6 Å². The van der Waals surface area contributed by atoms with E-state index < -0.39 is 0 Å². The number of hydrogen-bond acceptors (Lipinski definition) is 4. The molecule has 1 aromatic carbocycles. The van der Waals surface area contributed by atoms with Gasteiger partial charge in [-0.2, -0.15) is 16.9 Å². The third-order valence-corrected chi connectivity index (χ3v) is 3.96. The molecular weight excluding hydrogens is 315 g/mol. The Labute approximate surface area is 139 Å². The highest BCUT2D eigenvalue weighted by Crippen LogP contribution is 2.16. The van der Waals surface area contributed by atoms with E-state index in [0.717, 1.165) is 22.7 Å². The van der Waals surface area contributed by atoms with Gasteiger partial charge in [0.05, 0.1) is 6.54 Å². The Hall–Kier alpha value is -2.09.